The van der Waals surface area contributed by atoms with E-state index in [-0.39, 0.29) is 23.0 Å². The Bertz CT molecular complexity index is 970. The quantitative estimate of drug-likeness (QED) is 0.659. The maximum atomic E-state index is 13.3. The minimum atomic E-state index is -0.512. The first-order valence-corrected chi connectivity index (χ1v) is 12.1. The third kappa shape index (κ3) is 6.66. The summed E-state index contributed by atoms with van der Waals surface area (Å²) < 4.78 is 32.5. The van der Waals surface area contributed by atoms with Crippen molar-refractivity contribution in [2.45, 2.75) is 25.5 Å². The highest BCUT2D eigenvalue weighted by Gasteiger charge is 2.28. The van der Waals surface area contributed by atoms with E-state index < -0.39 is 5.82 Å². The number of halogens is 3. The van der Waals surface area contributed by atoms with Crippen LogP contribution in [-0.2, 0) is 11.2 Å². The molecule has 0 saturated carbocycles. The smallest absolute Gasteiger partial charge is 0.321 e. The first kappa shape index (κ1) is 24.9. The molecule has 2 aromatic carbocycles. The molecule has 2 aromatic rings. The summed E-state index contributed by atoms with van der Waals surface area (Å²) >= 11 is 5.80. The molecule has 0 aromatic heterocycles. The average molecular weight is 493 g/mol. The second kappa shape index (κ2) is 11.4. The molecule has 2 aliphatic rings. The lowest BCUT2D eigenvalue weighted by atomic mass is 10.0. The molecule has 184 valence electrons. The van der Waals surface area contributed by atoms with Crippen molar-refractivity contribution in [3.63, 3.8) is 0 Å². The van der Waals surface area contributed by atoms with Crippen molar-refractivity contribution >= 4 is 23.3 Å². The van der Waals surface area contributed by atoms with E-state index in [0.717, 1.165) is 44.7 Å². The lowest BCUT2D eigenvalue weighted by Gasteiger charge is -2.41. The molecule has 34 heavy (non-hydrogen) atoms. The van der Waals surface area contributed by atoms with Gasteiger partial charge in [0, 0.05) is 57.5 Å². The van der Waals surface area contributed by atoms with Gasteiger partial charge in [0.15, 0.2) is 0 Å². The molecule has 0 bridgehead atoms. The Hall–Kier alpha value is -2.26. The molecule has 0 spiro atoms. The number of ether oxygens (including phenoxy) is 1. The molecule has 2 heterocycles. The van der Waals surface area contributed by atoms with Gasteiger partial charge in [0.05, 0.1) is 17.7 Å². The molecule has 0 aliphatic carbocycles. The Morgan fingerprint density at radius 2 is 1.85 bits per heavy atom. The summed E-state index contributed by atoms with van der Waals surface area (Å²) in [7, 11) is 0. The second-order valence-electron chi connectivity index (χ2n) is 9.01. The van der Waals surface area contributed by atoms with Crippen molar-refractivity contribution < 1.29 is 18.3 Å². The number of carbonyl (C=O) groups excluding carboxylic acids is 1. The van der Waals surface area contributed by atoms with Gasteiger partial charge in [-0.2, -0.15) is 0 Å². The third-order valence-electron chi connectivity index (χ3n) is 6.53. The Labute approximate surface area is 204 Å². The minimum Gasteiger partial charge on any atom is -0.374 e. The van der Waals surface area contributed by atoms with Gasteiger partial charge in [-0.05, 0) is 49.2 Å². The highest BCUT2D eigenvalue weighted by atomic mass is 35.5. The predicted molar refractivity (Wildman–Crippen MR) is 129 cm³/mol. The summed E-state index contributed by atoms with van der Waals surface area (Å²) in [5, 5.41) is 2.76. The molecular formula is C25H31ClF2N4O2. The Morgan fingerprint density at radius 3 is 2.56 bits per heavy atom. The number of rotatable bonds is 6. The average Bonchev–Trinajstić information content (AvgIpc) is 2.83. The van der Waals surface area contributed by atoms with E-state index >= 15 is 0 Å². The molecule has 9 heteroatoms. The van der Waals surface area contributed by atoms with Gasteiger partial charge in [-0.15, -0.1) is 0 Å². The van der Waals surface area contributed by atoms with E-state index in [1.165, 1.54) is 30.3 Å². The van der Waals surface area contributed by atoms with Crippen molar-refractivity contribution in [1.29, 1.82) is 0 Å². The number of carbonyl (C=O) groups is 1. The normalized spacial score (nSPS) is 20.8. The van der Waals surface area contributed by atoms with Crippen LogP contribution in [0.15, 0.2) is 42.5 Å². The number of nitrogens with zero attached hydrogens (tertiary/aromatic N) is 3. The molecule has 2 atom stereocenters. The van der Waals surface area contributed by atoms with Crippen LogP contribution in [0.4, 0.5) is 19.3 Å². The molecule has 2 fully saturated rings. The maximum Gasteiger partial charge on any atom is 0.321 e. The fourth-order valence-electron chi connectivity index (χ4n) is 4.54. The van der Waals surface area contributed by atoms with Crippen molar-refractivity contribution in [3.8, 4) is 0 Å². The highest BCUT2D eigenvalue weighted by Crippen LogP contribution is 2.20. The lowest BCUT2D eigenvalue weighted by Crippen LogP contribution is -2.55. The maximum absolute atomic E-state index is 13.3. The molecule has 2 saturated heterocycles. The number of morpholine rings is 1. The van der Waals surface area contributed by atoms with E-state index in [1.807, 2.05) is 12.1 Å². The van der Waals surface area contributed by atoms with Crippen LogP contribution in [0.1, 0.15) is 12.5 Å². The zero-order chi connectivity index (χ0) is 24.1. The first-order valence-electron chi connectivity index (χ1n) is 11.7. The van der Waals surface area contributed by atoms with Crippen LogP contribution < -0.4 is 5.32 Å². The van der Waals surface area contributed by atoms with Crippen LogP contribution in [0.25, 0.3) is 0 Å². The van der Waals surface area contributed by atoms with E-state index in [1.54, 1.807) is 4.90 Å². The molecule has 1 unspecified atom stereocenters. The highest BCUT2D eigenvalue weighted by molar-refractivity contribution is 6.31. The standard InChI is InChI=1S/C25H31ClF2N4O2/c1-18(14-19-2-4-20(27)5-3-19)32-12-13-34-22(17-32)16-30-8-10-31(11-9-30)25(33)29-21-6-7-24(28)23(26)15-21/h2-7,15,18,22H,8-14,16-17H2,1H3,(H,29,33)/t18?,22-/m0/s1. The Morgan fingerprint density at radius 1 is 1.12 bits per heavy atom. The summed E-state index contributed by atoms with van der Waals surface area (Å²) in [6.07, 6.45) is 0.992. The molecule has 0 radical (unpaired) electrons. The number of amides is 2. The van der Waals surface area contributed by atoms with E-state index in [0.29, 0.717) is 31.4 Å². The summed E-state index contributed by atoms with van der Waals surface area (Å²) in [6.45, 7) is 8.22. The van der Waals surface area contributed by atoms with Gasteiger partial charge in [0.25, 0.3) is 0 Å². The summed E-state index contributed by atoms with van der Waals surface area (Å²) in [5.74, 6) is -0.720. The van der Waals surface area contributed by atoms with Gasteiger partial charge in [0.1, 0.15) is 11.6 Å². The van der Waals surface area contributed by atoms with Gasteiger partial charge in [-0.25, -0.2) is 13.6 Å². The van der Waals surface area contributed by atoms with Gasteiger partial charge in [-0.3, -0.25) is 9.80 Å². The molecule has 1 N–H and O–H groups in total. The number of nitrogens with one attached hydrogen (secondary N) is 1. The van der Waals surface area contributed by atoms with Crippen LogP contribution in [0, 0.1) is 11.6 Å². The second-order valence-corrected chi connectivity index (χ2v) is 9.42. The van der Waals surface area contributed by atoms with Crippen LogP contribution in [0.5, 0.6) is 0 Å². The van der Waals surface area contributed by atoms with E-state index in [2.05, 4.69) is 22.0 Å². The molecule has 6 nitrogen and oxygen atoms in total. The minimum absolute atomic E-state index is 0.0175. The number of piperazine rings is 1. The van der Waals surface area contributed by atoms with Crippen molar-refractivity contribution in [2.75, 3.05) is 57.7 Å². The fourth-order valence-corrected chi connectivity index (χ4v) is 4.72. The third-order valence-corrected chi connectivity index (χ3v) is 6.82. The molecular weight excluding hydrogens is 462 g/mol. The number of hydrogen-bond donors (Lipinski definition) is 1. The van der Waals surface area contributed by atoms with Crippen molar-refractivity contribution in [2.24, 2.45) is 0 Å². The van der Waals surface area contributed by atoms with Crippen molar-refractivity contribution in [3.05, 3.63) is 64.7 Å². The SMILES string of the molecule is CC(Cc1ccc(F)cc1)N1CCO[C@@H](CN2CCN(C(=O)Nc3ccc(F)c(Cl)c3)CC2)C1. The van der Waals surface area contributed by atoms with E-state index in [4.69, 9.17) is 16.3 Å². The first-order chi connectivity index (χ1) is 16.4. The van der Waals surface area contributed by atoms with Crippen LogP contribution >= 0.6 is 11.6 Å². The Balaban J connectivity index is 1.21. The molecule has 4 rings (SSSR count). The predicted octanol–water partition coefficient (Wildman–Crippen LogP) is 4.10. The number of hydrogen-bond acceptors (Lipinski definition) is 4. The van der Waals surface area contributed by atoms with Gasteiger partial charge < -0.3 is 15.0 Å². The van der Waals surface area contributed by atoms with Gasteiger partial charge in [-0.1, -0.05) is 23.7 Å². The lowest BCUT2D eigenvalue weighted by molar-refractivity contribution is -0.0570. The largest absolute Gasteiger partial charge is 0.374 e. The van der Waals surface area contributed by atoms with Crippen molar-refractivity contribution in [1.82, 2.24) is 14.7 Å². The summed E-state index contributed by atoms with van der Waals surface area (Å²) in [4.78, 5) is 19.1. The summed E-state index contributed by atoms with van der Waals surface area (Å²) in [6, 6.07) is 11.0. The van der Waals surface area contributed by atoms with E-state index in [9.17, 15) is 13.6 Å². The number of benzene rings is 2. The van der Waals surface area contributed by atoms with Crippen LogP contribution in [0.2, 0.25) is 5.02 Å². The monoisotopic (exact) mass is 492 g/mol. The zero-order valence-corrected chi connectivity index (χ0v) is 20.1. The number of anilines is 1. The number of urea groups is 1. The van der Waals surface area contributed by atoms with Crippen LogP contribution in [0.3, 0.4) is 0 Å². The Kier molecular flexibility index (Phi) is 8.37. The van der Waals surface area contributed by atoms with Crippen LogP contribution in [-0.4, -0.2) is 85.3 Å². The molecule has 2 aliphatic heterocycles. The zero-order valence-electron chi connectivity index (χ0n) is 19.4. The topological polar surface area (TPSA) is 48.1 Å². The van der Waals surface area contributed by atoms with Gasteiger partial charge in [0.2, 0.25) is 0 Å². The fraction of sp³-hybridized carbons (Fsp3) is 0.480. The summed E-state index contributed by atoms with van der Waals surface area (Å²) in [5.41, 5.74) is 1.61. The molecule has 2 amide bonds. The van der Waals surface area contributed by atoms with Gasteiger partial charge >= 0.3 is 6.03 Å².